The minimum absolute atomic E-state index is 0. The number of rotatable bonds is 1. The topological polar surface area (TPSA) is 0 Å². The summed E-state index contributed by atoms with van der Waals surface area (Å²) in [6.07, 6.45) is 6.95. The predicted molar refractivity (Wildman–Crippen MR) is 31.1 cm³/mol. The van der Waals surface area contributed by atoms with Crippen LogP contribution in [0.3, 0.4) is 0 Å². The van der Waals surface area contributed by atoms with Gasteiger partial charge in [-0.05, 0) is 0 Å². The fraction of sp³-hybridized carbons (Fsp3) is 0.429. The molecule has 62 valence electrons. The SMILES string of the molecule is CCC1=[C]([Zr+3])CC=C1.[Cl-].[Cl-].[Cl-]. The quantitative estimate of drug-likeness (QED) is 0.450. The Labute approximate surface area is 102 Å². The van der Waals surface area contributed by atoms with Crippen LogP contribution in [0.25, 0.3) is 0 Å². The van der Waals surface area contributed by atoms with Crippen molar-refractivity contribution in [1.82, 2.24) is 0 Å². The maximum Gasteiger partial charge on any atom is -1.00 e. The molecule has 0 aromatic heterocycles. The van der Waals surface area contributed by atoms with Crippen LogP contribution in [0.15, 0.2) is 21.0 Å². The first-order chi connectivity index (χ1) is 3.84. The van der Waals surface area contributed by atoms with Crippen LogP contribution >= 0.6 is 0 Å². The van der Waals surface area contributed by atoms with E-state index >= 15 is 0 Å². The Morgan fingerprint density at radius 3 is 2.09 bits per heavy atom. The van der Waals surface area contributed by atoms with Crippen molar-refractivity contribution in [1.29, 1.82) is 0 Å². The normalized spacial score (nSPS) is 13.4. The molecule has 0 unspecified atom stereocenters. The smallest absolute Gasteiger partial charge is 1.00 e. The van der Waals surface area contributed by atoms with Gasteiger partial charge >= 0.3 is 65.5 Å². The number of hydrogen-bond acceptors (Lipinski definition) is 0. The first-order valence-corrected chi connectivity index (χ1v) is 4.17. The molecule has 0 saturated carbocycles. The molecule has 11 heavy (non-hydrogen) atoms. The fourth-order valence-electron chi connectivity index (χ4n) is 0.882. The minimum atomic E-state index is 0. The summed E-state index contributed by atoms with van der Waals surface area (Å²) in [7, 11) is 0. The summed E-state index contributed by atoms with van der Waals surface area (Å²) in [6, 6.07) is 0. The van der Waals surface area contributed by atoms with Gasteiger partial charge < -0.3 is 37.2 Å². The van der Waals surface area contributed by atoms with Crippen LogP contribution in [0.2, 0.25) is 0 Å². The van der Waals surface area contributed by atoms with Crippen molar-refractivity contribution in [2.75, 3.05) is 0 Å². The molecule has 0 heterocycles. The molecule has 0 aromatic rings. The van der Waals surface area contributed by atoms with Gasteiger partial charge in [0.1, 0.15) is 0 Å². The average molecular weight is 291 g/mol. The van der Waals surface area contributed by atoms with E-state index in [0.717, 1.165) is 0 Å². The monoisotopic (exact) mass is 288 g/mol. The maximum absolute atomic E-state index is 2.25. The van der Waals surface area contributed by atoms with Crippen LogP contribution in [-0.2, 0) is 24.7 Å². The third-order valence-corrected chi connectivity index (χ3v) is 2.70. The second-order valence-electron chi connectivity index (χ2n) is 1.96. The summed E-state index contributed by atoms with van der Waals surface area (Å²) in [5.41, 5.74) is 1.57. The molecule has 1 rings (SSSR count). The molecular formula is C7H9Cl3Zr. The van der Waals surface area contributed by atoms with Crippen LogP contribution in [0.4, 0.5) is 0 Å². The molecule has 0 fully saturated rings. The van der Waals surface area contributed by atoms with E-state index in [4.69, 9.17) is 0 Å². The van der Waals surface area contributed by atoms with Crippen molar-refractivity contribution in [3.63, 3.8) is 0 Å². The first-order valence-electron chi connectivity index (χ1n) is 2.94. The minimum Gasteiger partial charge on any atom is -1.00 e. The number of hydrogen-bond donors (Lipinski definition) is 0. The molecule has 0 aromatic carbocycles. The van der Waals surface area contributed by atoms with E-state index in [-0.39, 0.29) is 37.2 Å². The molecular weight excluding hydrogens is 282 g/mol. The Morgan fingerprint density at radius 2 is 1.91 bits per heavy atom. The van der Waals surface area contributed by atoms with E-state index in [2.05, 4.69) is 19.1 Å². The largest absolute Gasteiger partial charge is 1.00 e. The van der Waals surface area contributed by atoms with Gasteiger partial charge in [-0.2, -0.15) is 0 Å². The van der Waals surface area contributed by atoms with E-state index < -0.39 is 0 Å². The van der Waals surface area contributed by atoms with Crippen LogP contribution < -0.4 is 37.2 Å². The second kappa shape index (κ2) is 9.32. The molecule has 0 amide bonds. The van der Waals surface area contributed by atoms with Crippen LogP contribution in [-0.4, -0.2) is 0 Å². The average Bonchev–Trinajstić information content (AvgIpc) is 2.14. The zero-order valence-corrected chi connectivity index (χ0v) is 10.9. The molecule has 1 aliphatic rings. The van der Waals surface area contributed by atoms with Gasteiger partial charge in [0.2, 0.25) is 0 Å². The van der Waals surface area contributed by atoms with Gasteiger partial charge in [0.25, 0.3) is 0 Å². The van der Waals surface area contributed by atoms with Gasteiger partial charge in [-0.25, -0.2) is 0 Å². The molecule has 0 N–H and O–H groups in total. The Bertz CT molecular complexity index is 152. The molecule has 0 aliphatic heterocycles. The summed E-state index contributed by atoms with van der Waals surface area (Å²) in [5, 5.41) is 0. The van der Waals surface area contributed by atoms with E-state index in [1.54, 1.807) is 33.6 Å². The molecule has 0 saturated heterocycles. The van der Waals surface area contributed by atoms with E-state index in [1.165, 1.54) is 12.8 Å². The van der Waals surface area contributed by atoms with Gasteiger partial charge in [-0.3, -0.25) is 0 Å². The molecule has 0 spiro atoms. The summed E-state index contributed by atoms with van der Waals surface area (Å²) in [6.45, 7) is 2.22. The second-order valence-corrected chi connectivity index (χ2v) is 3.45. The van der Waals surface area contributed by atoms with Crippen molar-refractivity contribution in [2.45, 2.75) is 19.8 Å². The zero-order valence-electron chi connectivity index (χ0n) is 6.20. The summed E-state index contributed by atoms with van der Waals surface area (Å²) in [5.74, 6) is 0. The van der Waals surface area contributed by atoms with Crippen molar-refractivity contribution < 1.29 is 61.9 Å². The van der Waals surface area contributed by atoms with Crippen molar-refractivity contribution in [3.8, 4) is 0 Å². The fourth-order valence-corrected chi connectivity index (χ4v) is 1.81. The van der Waals surface area contributed by atoms with E-state index in [9.17, 15) is 0 Å². The van der Waals surface area contributed by atoms with Gasteiger partial charge in [0.15, 0.2) is 0 Å². The van der Waals surface area contributed by atoms with Gasteiger partial charge in [0, 0.05) is 0 Å². The molecule has 0 atom stereocenters. The number of allylic oxidation sites excluding steroid dienone is 4. The maximum atomic E-state index is 2.25. The third kappa shape index (κ3) is 5.47. The van der Waals surface area contributed by atoms with Crippen molar-refractivity contribution in [2.24, 2.45) is 0 Å². The molecule has 4 heteroatoms. The Kier molecular flexibility index (Phi) is 15.3. The zero-order chi connectivity index (χ0) is 5.98. The van der Waals surface area contributed by atoms with Gasteiger partial charge in [-0.1, -0.05) is 0 Å². The predicted octanol–water partition coefficient (Wildman–Crippen LogP) is -6.83. The van der Waals surface area contributed by atoms with Crippen LogP contribution in [0.1, 0.15) is 19.8 Å². The third-order valence-electron chi connectivity index (χ3n) is 1.41. The van der Waals surface area contributed by atoms with Gasteiger partial charge in [0.05, 0.1) is 0 Å². The van der Waals surface area contributed by atoms with Crippen molar-refractivity contribution in [3.05, 3.63) is 21.0 Å². The van der Waals surface area contributed by atoms with Gasteiger partial charge in [-0.15, -0.1) is 0 Å². The number of halogens is 3. The first kappa shape index (κ1) is 18.1. The Hall–Kier alpha value is 1.23. The summed E-state index contributed by atoms with van der Waals surface area (Å²) >= 11 is 1.60. The molecule has 0 radical (unpaired) electrons. The van der Waals surface area contributed by atoms with E-state index in [1.807, 2.05) is 0 Å². The Morgan fingerprint density at radius 1 is 1.36 bits per heavy atom. The van der Waals surface area contributed by atoms with Crippen LogP contribution in [0.5, 0.6) is 0 Å². The molecule has 0 bridgehead atoms. The standard InChI is InChI=1S/C7H9.3ClH.Zr/c1-2-7-5-3-4-6-7;;;;/h3,5H,2,4H2,1H3;3*1H;/q;;;;+3/p-3. The van der Waals surface area contributed by atoms with E-state index in [0.29, 0.717) is 0 Å². The summed E-state index contributed by atoms with van der Waals surface area (Å²) < 4.78 is 1.64. The van der Waals surface area contributed by atoms with Crippen molar-refractivity contribution >= 4 is 0 Å². The molecule has 1 aliphatic carbocycles. The summed E-state index contributed by atoms with van der Waals surface area (Å²) in [4.78, 5) is 0. The molecule has 0 nitrogen and oxygen atoms in total. The Balaban J connectivity index is -0.000000213. The van der Waals surface area contributed by atoms with Crippen LogP contribution in [0, 0.1) is 0 Å².